The fourth-order valence-electron chi connectivity index (χ4n) is 1.29. The van der Waals surface area contributed by atoms with Gasteiger partial charge in [0.2, 0.25) is 0 Å². The van der Waals surface area contributed by atoms with Gasteiger partial charge in [-0.3, -0.25) is 9.59 Å². The molecule has 0 amide bonds. The number of carboxylic acids is 1. The maximum Gasteiger partial charge on any atom is 0.324 e. The van der Waals surface area contributed by atoms with E-state index >= 15 is 0 Å². The first-order valence-corrected chi connectivity index (χ1v) is 5.09. The third-order valence-electron chi connectivity index (χ3n) is 1.95. The second kappa shape index (κ2) is 5.51. The van der Waals surface area contributed by atoms with Gasteiger partial charge in [-0.2, -0.15) is 0 Å². The second-order valence-corrected chi connectivity index (χ2v) is 3.51. The maximum atomic E-state index is 11.5. The van der Waals surface area contributed by atoms with Crippen molar-refractivity contribution < 1.29 is 19.4 Å². The molecule has 0 aromatic heterocycles. The monoisotopic (exact) mass is 242 g/mol. The first kappa shape index (κ1) is 12.5. The van der Waals surface area contributed by atoms with Gasteiger partial charge in [0.15, 0.2) is 5.92 Å². The number of carboxylic acid groups (broad SMARTS) is 1. The van der Waals surface area contributed by atoms with Crippen molar-refractivity contribution in [2.45, 2.75) is 12.8 Å². The van der Waals surface area contributed by atoms with Crippen molar-refractivity contribution in [3.05, 3.63) is 34.9 Å². The smallest absolute Gasteiger partial charge is 0.324 e. The van der Waals surface area contributed by atoms with Crippen LogP contribution in [0, 0.1) is 0 Å². The van der Waals surface area contributed by atoms with Crippen LogP contribution in [0.25, 0.3) is 0 Å². The highest BCUT2D eigenvalue weighted by atomic mass is 35.5. The summed E-state index contributed by atoms with van der Waals surface area (Å²) in [7, 11) is 0. The lowest BCUT2D eigenvalue weighted by Gasteiger charge is -2.11. The van der Waals surface area contributed by atoms with Crippen molar-refractivity contribution in [1.29, 1.82) is 0 Å². The number of carbonyl (C=O) groups excluding carboxylic acids is 1. The van der Waals surface area contributed by atoms with Crippen LogP contribution in [0.5, 0.6) is 0 Å². The van der Waals surface area contributed by atoms with Crippen LogP contribution >= 0.6 is 11.6 Å². The van der Waals surface area contributed by atoms with Crippen LogP contribution in [0.15, 0.2) is 24.3 Å². The average molecular weight is 243 g/mol. The van der Waals surface area contributed by atoms with E-state index in [0.29, 0.717) is 10.6 Å². The summed E-state index contributed by atoms with van der Waals surface area (Å²) in [6, 6.07) is 6.17. The van der Waals surface area contributed by atoms with E-state index in [1.807, 2.05) is 0 Å². The molecule has 0 radical (unpaired) electrons. The Morgan fingerprint density at radius 3 is 2.69 bits per heavy atom. The largest absolute Gasteiger partial charge is 0.480 e. The number of halogens is 1. The molecule has 0 saturated heterocycles. The first-order valence-electron chi connectivity index (χ1n) is 4.71. The number of rotatable bonds is 4. The zero-order chi connectivity index (χ0) is 12.1. The summed E-state index contributed by atoms with van der Waals surface area (Å²) in [6.07, 6.45) is 0. The van der Waals surface area contributed by atoms with Gasteiger partial charge in [-0.1, -0.05) is 23.7 Å². The van der Waals surface area contributed by atoms with E-state index in [1.165, 1.54) is 12.1 Å². The van der Waals surface area contributed by atoms with E-state index < -0.39 is 17.9 Å². The molecule has 1 aromatic rings. The Morgan fingerprint density at radius 2 is 2.19 bits per heavy atom. The first-order chi connectivity index (χ1) is 7.56. The summed E-state index contributed by atoms with van der Waals surface area (Å²) in [5, 5.41) is 9.35. The lowest BCUT2D eigenvalue weighted by Crippen LogP contribution is -2.23. The Bertz CT molecular complexity index is 403. The van der Waals surface area contributed by atoms with Crippen molar-refractivity contribution in [2.24, 2.45) is 0 Å². The highest BCUT2D eigenvalue weighted by Crippen LogP contribution is 2.21. The van der Waals surface area contributed by atoms with Crippen LogP contribution in [-0.2, 0) is 14.3 Å². The minimum Gasteiger partial charge on any atom is -0.480 e. The molecule has 0 saturated carbocycles. The average Bonchev–Trinajstić information content (AvgIpc) is 2.17. The lowest BCUT2D eigenvalue weighted by molar-refractivity contribution is -0.153. The Morgan fingerprint density at radius 1 is 1.50 bits per heavy atom. The molecule has 0 aliphatic heterocycles. The van der Waals surface area contributed by atoms with Crippen molar-refractivity contribution in [1.82, 2.24) is 0 Å². The molecule has 1 N–H and O–H groups in total. The van der Waals surface area contributed by atoms with Crippen molar-refractivity contribution in [2.75, 3.05) is 6.61 Å². The summed E-state index contributed by atoms with van der Waals surface area (Å²) in [5.41, 5.74) is 0.318. The van der Waals surface area contributed by atoms with Crippen molar-refractivity contribution in [3.63, 3.8) is 0 Å². The normalized spacial score (nSPS) is 11.9. The predicted molar refractivity (Wildman–Crippen MR) is 58.5 cm³/mol. The molecule has 0 bridgehead atoms. The molecule has 4 nitrogen and oxygen atoms in total. The van der Waals surface area contributed by atoms with Gasteiger partial charge in [0.05, 0.1) is 6.61 Å². The Balaban J connectivity index is 3.03. The summed E-state index contributed by atoms with van der Waals surface area (Å²) >= 11 is 5.73. The molecule has 0 aliphatic carbocycles. The number of ether oxygens (including phenoxy) is 1. The Labute approximate surface area is 97.8 Å². The van der Waals surface area contributed by atoms with Crippen LogP contribution in [0.1, 0.15) is 18.4 Å². The number of esters is 1. The summed E-state index contributed by atoms with van der Waals surface area (Å²) < 4.78 is 4.70. The Kier molecular flexibility index (Phi) is 4.31. The van der Waals surface area contributed by atoms with E-state index in [4.69, 9.17) is 21.4 Å². The molecule has 5 heteroatoms. The van der Waals surface area contributed by atoms with Crippen LogP contribution in [-0.4, -0.2) is 23.7 Å². The molecule has 1 rings (SSSR count). The van der Waals surface area contributed by atoms with Gasteiger partial charge in [0.1, 0.15) is 0 Å². The molecule has 16 heavy (non-hydrogen) atoms. The second-order valence-electron chi connectivity index (χ2n) is 3.08. The quantitative estimate of drug-likeness (QED) is 0.649. The summed E-state index contributed by atoms with van der Waals surface area (Å²) in [4.78, 5) is 22.4. The standard InChI is InChI=1S/C11H11ClO4/c1-2-16-11(15)9(10(13)14)7-4-3-5-8(12)6-7/h3-6,9H,2H2,1H3,(H,13,14). The molecule has 0 aliphatic rings. The van der Waals surface area contributed by atoms with E-state index in [9.17, 15) is 9.59 Å². The van der Waals surface area contributed by atoms with Gasteiger partial charge in [0, 0.05) is 5.02 Å². The third kappa shape index (κ3) is 2.97. The fraction of sp³-hybridized carbons (Fsp3) is 0.273. The van der Waals surface area contributed by atoms with Crippen molar-refractivity contribution in [3.8, 4) is 0 Å². The molecule has 0 spiro atoms. The highest BCUT2D eigenvalue weighted by molar-refractivity contribution is 6.30. The molecule has 1 atom stereocenters. The van der Waals surface area contributed by atoms with Crippen LogP contribution < -0.4 is 0 Å². The van der Waals surface area contributed by atoms with E-state index in [1.54, 1.807) is 19.1 Å². The molecule has 0 heterocycles. The summed E-state index contributed by atoms with van der Waals surface area (Å²) in [5.74, 6) is -3.35. The molecule has 1 unspecified atom stereocenters. The molecular formula is C11H11ClO4. The van der Waals surface area contributed by atoms with Gasteiger partial charge in [-0.15, -0.1) is 0 Å². The van der Waals surface area contributed by atoms with E-state index in [2.05, 4.69) is 0 Å². The van der Waals surface area contributed by atoms with Gasteiger partial charge in [-0.05, 0) is 24.6 Å². The fourth-order valence-corrected chi connectivity index (χ4v) is 1.49. The zero-order valence-corrected chi connectivity index (χ0v) is 9.40. The minimum absolute atomic E-state index is 0.142. The summed E-state index contributed by atoms with van der Waals surface area (Å²) in [6.45, 7) is 1.76. The van der Waals surface area contributed by atoms with Gasteiger partial charge in [0.25, 0.3) is 0 Å². The third-order valence-corrected chi connectivity index (χ3v) is 2.19. The molecule has 86 valence electrons. The number of aliphatic carboxylic acids is 1. The van der Waals surface area contributed by atoms with Crippen LogP contribution in [0.2, 0.25) is 5.02 Å². The number of hydrogen-bond donors (Lipinski definition) is 1. The Hall–Kier alpha value is -1.55. The maximum absolute atomic E-state index is 11.5. The lowest BCUT2D eigenvalue weighted by atomic mass is 10.00. The van der Waals surface area contributed by atoms with Crippen LogP contribution in [0.4, 0.5) is 0 Å². The number of carbonyl (C=O) groups is 2. The minimum atomic E-state index is -1.32. The molecule has 1 aromatic carbocycles. The van der Waals surface area contributed by atoms with Gasteiger partial charge >= 0.3 is 11.9 Å². The van der Waals surface area contributed by atoms with Gasteiger partial charge < -0.3 is 9.84 Å². The van der Waals surface area contributed by atoms with Crippen molar-refractivity contribution >= 4 is 23.5 Å². The highest BCUT2D eigenvalue weighted by Gasteiger charge is 2.29. The van der Waals surface area contributed by atoms with Crippen LogP contribution in [0.3, 0.4) is 0 Å². The molecule has 0 fully saturated rings. The van der Waals surface area contributed by atoms with E-state index in [0.717, 1.165) is 0 Å². The SMILES string of the molecule is CCOC(=O)C(C(=O)O)c1cccc(Cl)c1. The van der Waals surface area contributed by atoms with E-state index in [-0.39, 0.29) is 6.61 Å². The predicted octanol–water partition coefficient (Wildman–Crippen LogP) is 2.07. The topological polar surface area (TPSA) is 63.6 Å². The zero-order valence-electron chi connectivity index (χ0n) is 8.64. The number of benzene rings is 1. The number of hydrogen-bond acceptors (Lipinski definition) is 3. The van der Waals surface area contributed by atoms with Gasteiger partial charge in [-0.25, -0.2) is 0 Å². The molecular weight excluding hydrogens is 232 g/mol.